The molecule has 8 rings (SSSR count). The summed E-state index contributed by atoms with van der Waals surface area (Å²) in [5.41, 5.74) is 13.5. The molecule has 0 saturated carbocycles. The highest BCUT2D eigenvalue weighted by molar-refractivity contribution is 6.13. The van der Waals surface area contributed by atoms with Crippen molar-refractivity contribution in [1.82, 2.24) is 14.4 Å². The summed E-state index contributed by atoms with van der Waals surface area (Å²) < 4.78 is 2.16. The molecule has 0 N–H and O–H groups in total. The number of hydrogen-bond donors (Lipinski definition) is 0. The highest BCUT2D eigenvalue weighted by Gasteiger charge is 2.29. The molecular formula is C28H17N3. The molecule has 0 amide bonds. The second-order valence-electron chi connectivity index (χ2n) is 8.71. The molecule has 0 aliphatic heterocycles. The fraction of sp³-hybridized carbons (Fsp3) is 0.0714. The van der Waals surface area contributed by atoms with Crippen LogP contribution in [0.25, 0.3) is 49.6 Å². The van der Waals surface area contributed by atoms with Gasteiger partial charge in [-0.1, -0.05) is 36.4 Å². The van der Waals surface area contributed by atoms with E-state index in [1.165, 1.54) is 60.7 Å². The van der Waals surface area contributed by atoms with Gasteiger partial charge in [-0.25, -0.2) is 4.98 Å². The lowest BCUT2D eigenvalue weighted by Gasteiger charge is -2.12. The molecule has 3 nitrogen and oxygen atoms in total. The molecular weight excluding hydrogens is 378 g/mol. The van der Waals surface area contributed by atoms with Crippen molar-refractivity contribution in [2.24, 2.45) is 0 Å². The van der Waals surface area contributed by atoms with Crippen molar-refractivity contribution in [3.8, 4) is 22.3 Å². The topological polar surface area (TPSA) is 30.2 Å². The third kappa shape index (κ3) is 1.89. The van der Waals surface area contributed by atoms with E-state index in [0.717, 1.165) is 24.0 Å². The van der Waals surface area contributed by atoms with Crippen LogP contribution in [0, 0.1) is 0 Å². The van der Waals surface area contributed by atoms with Gasteiger partial charge in [-0.2, -0.15) is 0 Å². The first-order chi connectivity index (χ1) is 15.4. The fourth-order valence-corrected chi connectivity index (χ4v) is 5.88. The first-order valence-electron chi connectivity index (χ1n) is 10.8. The van der Waals surface area contributed by atoms with E-state index in [4.69, 9.17) is 4.98 Å². The standard InChI is InChI=1S/C28H17N3/c1-2-4-19-16(3-1)12-24-20(19)6-5-17-11-18-13-23-21-7-8-29-15-26(21)31-10-9-30-28(31)25(23)14-22(18)27(17)24/h1-10,13-15H,11-12H2. The molecule has 144 valence electrons. The second-order valence-corrected chi connectivity index (χ2v) is 8.71. The molecule has 3 aromatic carbocycles. The Morgan fingerprint density at radius 1 is 0.710 bits per heavy atom. The monoisotopic (exact) mass is 395 g/mol. The average molecular weight is 395 g/mol. The van der Waals surface area contributed by atoms with Crippen LogP contribution in [-0.4, -0.2) is 14.4 Å². The van der Waals surface area contributed by atoms with Crippen molar-refractivity contribution in [1.29, 1.82) is 0 Å². The van der Waals surface area contributed by atoms with Crippen molar-refractivity contribution in [3.63, 3.8) is 0 Å². The van der Waals surface area contributed by atoms with E-state index in [9.17, 15) is 0 Å². The number of benzene rings is 3. The second kappa shape index (κ2) is 5.38. The molecule has 0 radical (unpaired) electrons. The number of pyridine rings is 2. The zero-order valence-electron chi connectivity index (χ0n) is 16.8. The molecule has 0 unspecified atom stereocenters. The van der Waals surface area contributed by atoms with E-state index in [1.54, 1.807) is 0 Å². The zero-order chi connectivity index (χ0) is 20.1. The summed E-state index contributed by atoms with van der Waals surface area (Å²) in [4.78, 5) is 9.08. The lowest BCUT2D eigenvalue weighted by atomic mass is 9.94. The molecule has 31 heavy (non-hydrogen) atoms. The van der Waals surface area contributed by atoms with Crippen molar-refractivity contribution in [2.75, 3.05) is 0 Å². The highest BCUT2D eigenvalue weighted by atomic mass is 15.0. The number of imidazole rings is 1. The third-order valence-electron chi connectivity index (χ3n) is 7.20. The Morgan fingerprint density at radius 3 is 2.68 bits per heavy atom. The molecule has 0 fully saturated rings. The smallest absolute Gasteiger partial charge is 0.145 e. The number of nitrogens with zero attached hydrogens (tertiary/aromatic N) is 3. The van der Waals surface area contributed by atoms with E-state index in [2.05, 4.69) is 64.0 Å². The first-order valence-corrected chi connectivity index (χ1v) is 10.8. The summed E-state index contributed by atoms with van der Waals surface area (Å²) in [7, 11) is 0. The Kier molecular flexibility index (Phi) is 2.74. The van der Waals surface area contributed by atoms with Crippen LogP contribution >= 0.6 is 0 Å². The minimum atomic E-state index is 0.996. The summed E-state index contributed by atoms with van der Waals surface area (Å²) in [5.74, 6) is 0. The van der Waals surface area contributed by atoms with Gasteiger partial charge in [0.2, 0.25) is 0 Å². The van der Waals surface area contributed by atoms with Crippen LogP contribution in [-0.2, 0) is 12.8 Å². The molecule has 2 aliphatic carbocycles. The zero-order valence-corrected chi connectivity index (χ0v) is 16.8. The predicted octanol–water partition coefficient (Wildman–Crippen LogP) is 6.18. The van der Waals surface area contributed by atoms with Gasteiger partial charge < -0.3 is 0 Å². The quantitative estimate of drug-likeness (QED) is 0.287. The minimum Gasteiger partial charge on any atom is -0.298 e. The maximum Gasteiger partial charge on any atom is 0.145 e. The maximum atomic E-state index is 4.72. The van der Waals surface area contributed by atoms with Gasteiger partial charge in [0.1, 0.15) is 5.65 Å². The highest BCUT2D eigenvalue weighted by Crippen LogP contribution is 2.49. The SMILES string of the molecule is c1ccc2c(c1)Cc1c-2ccc2c1-c1cc3c(cc1C2)c1ccncc1n1ccnc31. The van der Waals surface area contributed by atoms with Crippen molar-refractivity contribution >= 4 is 27.3 Å². The molecule has 0 saturated heterocycles. The maximum absolute atomic E-state index is 4.72. The van der Waals surface area contributed by atoms with E-state index in [0.29, 0.717) is 0 Å². The van der Waals surface area contributed by atoms with E-state index in [-0.39, 0.29) is 0 Å². The summed E-state index contributed by atoms with van der Waals surface area (Å²) >= 11 is 0. The normalized spacial score (nSPS) is 13.5. The molecule has 0 atom stereocenters. The molecule has 3 aromatic heterocycles. The molecule has 3 heteroatoms. The molecule has 6 aromatic rings. The molecule has 0 bridgehead atoms. The minimum absolute atomic E-state index is 0.996. The van der Waals surface area contributed by atoms with Gasteiger partial charge in [-0.3, -0.25) is 9.38 Å². The Balaban J connectivity index is 1.48. The van der Waals surface area contributed by atoms with Crippen LogP contribution in [0.5, 0.6) is 0 Å². The van der Waals surface area contributed by atoms with Gasteiger partial charge in [0.25, 0.3) is 0 Å². The molecule has 0 spiro atoms. The van der Waals surface area contributed by atoms with Gasteiger partial charge in [-0.15, -0.1) is 0 Å². The number of fused-ring (bicyclic) bond motifs is 13. The van der Waals surface area contributed by atoms with Gasteiger partial charge in [0, 0.05) is 29.4 Å². The lowest BCUT2D eigenvalue weighted by Crippen LogP contribution is -1.93. The number of rotatable bonds is 0. The van der Waals surface area contributed by atoms with Crippen LogP contribution in [0.4, 0.5) is 0 Å². The average Bonchev–Trinajstić information content (AvgIpc) is 3.52. The Bertz CT molecular complexity index is 1740. The largest absolute Gasteiger partial charge is 0.298 e. The Morgan fingerprint density at radius 2 is 1.68 bits per heavy atom. The first kappa shape index (κ1) is 15.8. The van der Waals surface area contributed by atoms with Crippen LogP contribution in [0.3, 0.4) is 0 Å². The van der Waals surface area contributed by atoms with E-state index in [1.807, 2.05) is 24.8 Å². The fourth-order valence-electron chi connectivity index (χ4n) is 5.88. The molecule has 3 heterocycles. The number of aromatic nitrogens is 3. The van der Waals surface area contributed by atoms with Gasteiger partial charge in [-0.05, 0) is 80.9 Å². The van der Waals surface area contributed by atoms with Gasteiger partial charge >= 0.3 is 0 Å². The Hall–Kier alpha value is -3.98. The van der Waals surface area contributed by atoms with Gasteiger partial charge in [0.05, 0.1) is 11.7 Å². The van der Waals surface area contributed by atoms with Crippen molar-refractivity contribution in [3.05, 3.63) is 102 Å². The third-order valence-corrected chi connectivity index (χ3v) is 7.20. The summed E-state index contributed by atoms with van der Waals surface area (Å²) in [5, 5.41) is 3.71. The summed E-state index contributed by atoms with van der Waals surface area (Å²) in [6, 6.07) is 20.4. The summed E-state index contributed by atoms with van der Waals surface area (Å²) in [6.07, 6.45) is 9.77. The van der Waals surface area contributed by atoms with Crippen LogP contribution < -0.4 is 0 Å². The van der Waals surface area contributed by atoms with Crippen LogP contribution in [0.15, 0.2) is 79.4 Å². The van der Waals surface area contributed by atoms with E-state index < -0.39 is 0 Å². The predicted molar refractivity (Wildman–Crippen MR) is 124 cm³/mol. The van der Waals surface area contributed by atoms with E-state index >= 15 is 0 Å². The Labute approximate surface area is 178 Å². The molecule has 2 aliphatic rings. The van der Waals surface area contributed by atoms with Gasteiger partial charge in [0.15, 0.2) is 0 Å². The number of hydrogen-bond acceptors (Lipinski definition) is 2. The summed E-state index contributed by atoms with van der Waals surface area (Å²) in [6.45, 7) is 0. The lowest BCUT2D eigenvalue weighted by molar-refractivity contribution is 1.23. The van der Waals surface area contributed by atoms with Crippen LogP contribution in [0.1, 0.15) is 22.3 Å². The van der Waals surface area contributed by atoms with Crippen LogP contribution in [0.2, 0.25) is 0 Å². The van der Waals surface area contributed by atoms with Crippen molar-refractivity contribution in [2.45, 2.75) is 12.8 Å². The van der Waals surface area contributed by atoms with Crippen molar-refractivity contribution < 1.29 is 0 Å².